The summed E-state index contributed by atoms with van der Waals surface area (Å²) in [6.45, 7) is 0. The number of thioether (sulfide) groups is 1. The standard InChI is InChI=1S/C22H14Cl2N2O2S/c23-14-9-11-15(12-10-14)26-21(28)17-6-2-4-8-19(17)25-22(26)29-13-20(27)16-5-1-3-7-18(16)24/h1-12H,13H2. The first kappa shape index (κ1) is 19.7. The second-order valence-corrected chi connectivity index (χ2v) is 8.01. The van der Waals surface area contributed by atoms with Gasteiger partial charge in [0.1, 0.15) is 0 Å². The highest BCUT2D eigenvalue weighted by atomic mass is 35.5. The zero-order valence-corrected chi connectivity index (χ0v) is 17.3. The van der Waals surface area contributed by atoms with E-state index < -0.39 is 0 Å². The molecular weight excluding hydrogens is 427 g/mol. The van der Waals surface area contributed by atoms with Gasteiger partial charge in [-0.25, -0.2) is 4.98 Å². The molecule has 0 saturated heterocycles. The van der Waals surface area contributed by atoms with E-state index in [9.17, 15) is 9.59 Å². The number of rotatable bonds is 5. The van der Waals surface area contributed by atoms with Crippen molar-refractivity contribution in [2.45, 2.75) is 5.16 Å². The van der Waals surface area contributed by atoms with Crippen molar-refractivity contribution in [1.29, 1.82) is 0 Å². The topological polar surface area (TPSA) is 52.0 Å². The molecule has 1 aromatic heterocycles. The normalized spacial score (nSPS) is 11.0. The van der Waals surface area contributed by atoms with Crippen molar-refractivity contribution in [3.63, 3.8) is 0 Å². The number of hydrogen-bond donors (Lipinski definition) is 0. The minimum atomic E-state index is -0.203. The van der Waals surface area contributed by atoms with Crippen LogP contribution in [0.5, 0.6) is 0 Å². The second-order valence-electron chi connectivity index (χ2n) is 6.22. The predicted molar refractivity (Wildman–Crippen MR) is 119 cm³/mol. The van der Waals surface area contributed by atoms with Crippen LogP contribution in [0.3, 0.4) is 0 Å². The average molecular weight is 441 g/mol. The highest BCUT2D eigenvalue weighted by Gasteiger charge is 2.16. The van der Waals surface area contributed by atoms with Crippen LogP contribution in [0, 0.1) is 0 Å². The van der Waals surface area contributed by atoms with Gasteiger partial charge < -0.3 is 0 Å². The van der Waals surface area contributed by atoms with Crippen molar-refractivity contribution in [3.05, 3.63) is 98.8 Å². The zero-order valence-electron chi connectivity index (χ0n) is 15.0. The van der Waals surface area contributed by atoms with E-state index in [4.69, 9.17) is 23.2 Å². The Bertz CT molecular complexity index is 1270. The fourth-order valence-corrected chi connectivity index (χ4v) is 4.19. The molecule has 0 radical (unpaired) electrons. The number of nitrogens with zero attached hydrogens (tertiary/aromatic N) is 2. The molecule has 4 aromatic rings. The maximum atomic E-state index is 13.2. The lowest BCUT2D eigenvalue weighted by Gasteiger charge is -2.13. The van der Waals surface area contributed by atoms with Crippen molar-refractivity contribution >= 4 is 51.6 Å². The molecule has 4 rings (SSSR count). The van der Waals surface area contributed by atoms with Crippen LogP contribution < -0.4 is 5.56 Å². The second kappa shape index (κ2) is 8.41. The molecule has 0 N–H and O–H groups in total. The maximum Gasteiger partial charge on any atom is 0.266 e. The van der Waals surface area contributed by atoms with E-state index in [1.807, 2.05) is 6.07 Å². The summed E-state index contributed by atoms with van der Waals surface area (Å²) in [5, 5.41) is 1.90. The lowest BCUT2D eigenvalue weighted by Crippen LogP contribution is -2.22. The van der Waals surface area contributed by atoms with Crippen LogP contribution >= 0.6 is 35.0 Å². The highest BCUT2D eigenvalue weighted by molar-refractivity contribution is 7.99. The quantitative estimate of drug-likeness (QED) is 0.228. The molecule has 0 saturated carbocycles. The first-order valence-electron chi connectivity index (χ1n) is 8.73. The molecule has 3 aromatic carbocycles. The van der Waals surface area contributed by atoms with Crippen LogP contribution in [0.2, 0.25) is 10.0 Å². The number of carbonyl (C=O) groups excluding carboxylic acids is 1. The van der Waals surface area contributed by atoms with Gasteiger partial charge in [0.2, 0.25) is 0 Å². The van der Waals surface area contributed by atoms with E-state index in [0.29, 0.717) is 37.4 Å². The molecule has 0 fully saturated rings. The van der Waals surface area contributed by atoms with Crippen molar-refractivity contribution in [2.75, 3.05) is 5.75 Å². The molecular formula is C22H14Cl2N2O2S. The minimum absolute atomic E-state index is 0.0993. The maximum absolute atomic E-state index is 13.2. The summed E-state index contributed by atoms with van der Waals surface area (Å²) >= 11 is 13.3. The fraction of sp³-hybridized carbons (Fsp3) is 0.0455. The van der Waals surface area contributed by atoms with Gasteiger partial charge >= 0.3 is 0 Å². The van der Waals surface area contributed by atoms with E-state index >= 15 is 0 Å². The van der Waals surface area contributed by atoms with E-state index in [1.165, 1.54) is 16.3 Å². The number of carbonyl (C=O) groups is 1. The Hall–Kier alpha value is -2.60. The summed E-state index contributed by atoms with van der Waals surface area (Å²) in [5.74, 6) is -0.0343. The van der Waals surface area contributed by atoms with Crippen LogP contribution in [0.4, 0.5) is 0 Å². The third-order valence-electron chi connectivity index (χ3n) is 4.34. The Balaban J connectivity index is 1.77. The Labute approximate surface area is 181 Å². The SMILES string of the molecule is O=C(CSc1nc2ccccc2c(=O)n1-c1ccc(Cl)cc1)c1ccccc1Cl. The molecule has 0 bridgehead atoms. The minimum Gasteiger partial charge on any atom is -0.293 e. The lowest BCUT2D eigenvalue weighted by atomic mass is 10.1. The van der Waals surface area contributed by atoms with Crippen LogP contribution in [0.1, 0.15) is 10.4 Å². The van der Waals surface area contributed by atoms with Gasteiger partial charge in [-0.3, -0.25) is 14.2 Å². The molecule has 0 aliphatic carbocycles. The van der Waals surface area contributed by atoms with Crippen LogP contribution in [-0.2, 0) is 0 Å². The Morgan fingerprint density at radius 3 is 2.38 bits per heavy atom. The van der Waals surface area contributed by atoms with Crippen molar-refractivity contribution in [2.24, 2.45) is 0 Å². The average Bonchev–Trinajstić information content (AvgIpc) is 2.73. The molecule has 1 heterocycles. The Morgan fingerprint density at radius 1 is 0.931 bits per heavy atom. The third kappa shape index (κ3) is 4.08. The number of hydrogen-bond acceptors (Lipinski definition) is 4. The van der Waals surface area contributed by atoms with Crippen LogP contribution in [0.15, 0.2) is 82.7 Å². The Kier molecular flexibility index (Phi) is 5.72. The third-order valence-corrected chi connectivity index (χ3v) is 5.86. The van der Waals surface area contributed by atoms with Gasteiger partial charge in [-0.2, -0.15) is 0 Å². The summed E-state index contributed by atoms with van der Waals surface area (Å²) in [4.78, 5) is 30.4. The number of aromatic nitrogens is 2. The van der Waals surface area contributed by atoms with Crippen molar-refractivity contribution in [1.82, 2.24) is 9.55 Å². The Morgan fingerprint density at radius 2 is 1.62 bits per heavy atom. The van der Waals surface area contributed by atoms with Gasteiger partial charge in [-0.1, -0.05) is 59.2 Å². The monoisotopic (exact) mass is 440 g/mol. The van der Waals surface area contributed by atoms with E-state index in [-0.39, 0.29) is 17.1 Å². The fourth-order valence-electron chi connectivity index (χ4n) is 2.92. The first-order valence-corrected chi connectivity index (χ1v) is 10.5. The zero-order chi connectivity index (χ0) is 20.4. The number of halogens is 2. The summed E-state index contributed by atoms with van der Waals surface area (Å²) in [7, 11) is 0. The van der Waals surface area contributed by atoms with Gasteiger partial charge in [0, 0.05) is 10.6 Å². The van der Waals surface area contributed by atoms with Gasteiger partial charge in [0.15, 0.2) is 10.9 Å². The van der Waals surface area contributed by atoms with Gasteiger partial charge in [0.25, 0.3) is 5.56 Å². The number of Topliss-reactive ketones (excluding diaryl/α,β-unsaturated/α-hetero) is 1. The summed E-state index contributed by atoms with van der Waals surface area (Å²) in [6.07, 6.45) is 0. The first-order chi connectivity index (χ1) is 14.0. The number of fused-ring (bicyclic) bond motifs is 1. The van der Waals surface area contributed by atoms with Crippen molar-refractivity contribution < 1.29 is 4.79 Å². The summed E-state index contributed by atoms with van der Waals surface area (Å²) < 4.78 is 1.50. The van der Waals surface area contributed by atoms with Crippen LogP contribution in [0.25, 0.3) is 16.6 Å². The molecule has 0 aliphatic rings. The smallest absolute Gasteiger partial charge is 0.266 e. The van der Waals surface area contributed by atoms with Gasteiger partial charge in [0.05, 0.1) is 27.4 Å². The highest BCUT2D eigenvalue weighted by Crippen LogP contribution is 2.24. The van der Waals surface area contributed by atoms with E-state index in [0.717, 1.165) is 0 Å². The van der Waals surface area contributed by atoms with Crippen molar-refractivity contribution in [3.8, 4) is 5.69 Å². The molecule has 4 nitrogen and oxygen atoms in total. The number of benzene rings is 3. The lowest BCUT2D eigenvalue weighted by molar-refractivity contribution is 0.102. The summed E-state index contributed by atoms with van der Waals surface area (Å²) in [6, 6.07) is 21.0. The molecule has 0 atom stereocenters. The van der Waals surface area contributed by atoms with E-state index in [2.05, 4.69) is 4.98 Å². The molecule has 0 amide bonds. The number of para-hydroxylation sites is 1. The number of ketones is 1. The molecule has 7 heteroatoms. The molecule has 29 heavy (non-hydrogen) atoms. The largest absolute Gasteiger partial charge is 0.293 e. The predicted octanol–water partition coefficient (Wildman–Crippen LogP) is 5.67. The van der Waals surface area contributed by atoms with Crippen LogP contribution in [-0.4, -0.2) is 21.1 Å². The van der Waals surface area contributed by atoms with E-state index in [1.54, 1.807) is 66.7 Å². The summed E-state index contributed by atoms with van der Waals surface area (Å²) in [5.41, 5.74) is 1.45. The van der Waals surface area contributed by atoms with Gasteiger partial charge in [-0.05, 0) is 48.5 Å². The molecule has 144 valence electrons. The molecule has 0 unspecified atom stereocenters. The van der Waals surface area contributed by atoms with Gasteiger partial charge in [-0.15, -0.1) is 0 Å². The molecule has 0 aliphatic heterocycles. The molecule has 0 spiro atoms.